The van der Waals surface area contributed by atoms with Gasteiger partial charge in [-0.05, 0) is 31.9 Å². The van der Waals surface area contributed by atoms with Crippen LogP contribution in [0, 0.1) is 5.92 Å². The topological polar surface area (TPSA) is 12.4 Å². The van der Waals surface area contributed by atoms with E-state index in [4.69, 9.17) is 0 Å². The van der Waals surface area contributed by atoms with Crippen LogP contribution in [0.1, 0.15) is 52.9 Å². The molecule has 12 heavy (non-hydrogen) atoms. The molecule has 0 rings (SSSR count). The van der Waals surface area contributed by atoms with E-state index in [1.54, 1.807) is 0 Å². The Morgan fingerprint density at radius 2 is 1.83 bits per heavy atom. The van der Waals surface area contributed by atoms with E-state index >= 15 is 0 Å². The lowest BCUT2D eigenvalue weighted by atomic mass is 9.98. The highest BCUT2D eigenvalue weighted by molar-refractivity contribution is 5.24. The second kappa shape index (κ2) is 7.33. The van der Waals surface area contributed by atoms with Crippen molar-refractivity contribution in [1.82, 2.24) is 0 Å². The summed E-state index contributed by atoms with van der Waals surface area (Å²) in [5, 5.41) is 0. The molecule has 0 aliphatic rings. The van der Waals surface area contributed by atoms with Crippen LogP contribution in [0.5, 0.6) is 0 Å². The third-order valence-corrected chi connectivity index (χ3v) is 2.57. The molecule has 0 bridgehead atoms. The molecule has 0 aromatic rings. The SMILES string of the molecule is C=NC(CCC)CCC(C)CC. The fourth-order valence-electron chi connectivity index (χ4n) is 1.34. The van der Waals surface area contributed by atoms with Crippen molar-refractivity contribution in [2.75, 3.05) is 0 Å². The van der Waals surface area contributed by atoms with E-state index in [-0.39, 0.29) is 0 Å². The zero-order valence-electron chi connectivity index (χ0n) is 8.84. The van der Waals surface area contributed by atoms with Gasteiger partial charge in [-0.3, -0.25) is 4.99 Å². The van der Waals surface area contributed by atoms with Crippen LogP contribution in [-0.2, 0) is 0 Å². The summed E-state index contributed by atoms with van der Waals surface area (Å²) in [6.45, 7) is 10.4. The Morgan fingerprint density at radius 1 is 1.17 bits per heavy atom. The maximum atomic E-state index is 4.13. The lowest BCUT2D eigenvalue weighted by molar-refractivity contribution is 0.446. The first-order chi connectivity index (χ1) is 5.74. The van der Waals surface area contributed by atoms with Gasteiger partial charge in [0.05, 0.1) is 0 Å². The van der Waals surface area contributed by atoms with Gasteiger partial charge in [0.15, 0.2) is 0 Å². The summed E-state index contributed by atoms with van der Waals surface area (Å²) in [6.07, 6.45) is 6.26. The van der Waals surface area contributed by atoms with Crippen molar-refractivity contribution < 1.29 is 0 Å². The number of hydrogen-bond acceptors (Lipinski definition) is 1. The molecule has 0 saturated carbocycles. The second-order valence-corrected chi connectivity index (χ2v) is 3.72. The molecule has 0 aromatic heterocycles. The fourth-order valence-corrected chi connectivity index (χ4v) is 1.34. The first kappa shape index (κ1) is 11.7. The zero-order chi connectivity index (χ0) is 9.40. The van der Waals surface area contributed by atoms with Gasteiger partial charge in [-0.15, -0.1) is 0 Å². The van der Waals surface area contributed by atoms with E-state index in [9.17, 15) is 0 Å². The van der Waals surface area contributed by atoms with Crippen LogP contribution in [0.2, 0.25) is 0 Å². The van der Waals surface area contributed by atoms with E-state index < -0.39 is 0 Å². The summed E-state index contributed by atoms with van der Waals surface area (Å²) in [5.41, 5.74) is 0. The summed E-state index contributed by atoms with van der Waals surface area (Å²) in [6, 6.07) is 0.518. The largest absolute Gasteiger partial charge is 0.298 e. The Labute approximate surface area is 77.3 Å². The van der Waals surface area contributed by atoms with E-state index in [1.165, 1.54) is 32.1 Å². The van der Waals surface area contributed by atoms with Crippen LogP contribution < -0.4 is 0 Å². The highest BCUT2D eigenvalue weighted by Gasteiger charge is 2.06. The zero-order valence-corrected chi connectivity index (χ0v) is 8.84. The van der Waals surface area contributed by atoms with Crippen molar-refractivity contribution in [3.05, 3.63) is 0 Å². The molecule has 72 valence electrons. The van der Waals surface area contributed by atoms with Crippen LogP contribution in [0.15, 0.2) is 4.99 Å². The Kier molecular flexibility index (Phi) is 7.12. The quantitative estimate of drug-likeness (QED) is 0.515. The molecule has 0 spiro atoms. The van der Waals surface area contributed by atoms with Crippen LogP contribution in [-0.4, -0.2) is 12.8 Å². The van der Waals surface area contributed by atoms with Crippen molar-refractivity contribution in [2.24, 2.45) is 10.9 Å². The van der Waals surface area contributed by atoms with Crippen molar-refractivity contribution in [3.63, 3.8) is 0 Å². The maximum Gasteiger partial charge on any atom is 0.0492 e. The van der Waals surface area contributed by atoms with Gasteiger partial charge in [-0.1, -0.05) is 33.6 Å². The van der Waals surface area contributed by atoms with E-state index in [0.29, 0.717) is 6.04 Å². The van der Waals surface area contributed by atoms with Gasteiger partial charge in [0, 0.05) is 6.04 Å². The third-order valence-electron chi connectivity index (χ3n) is 2.57. The van der Waals surface area contributed by atoms with Gasteiger partial charge in [-0.25, -0.2) is 0 Å². The highest BCUT2D eigenvalue weighted by atomic mass is 14.7. The first-order valence-electron chi connectivity index (χ1n) is 5.20. The fraction of sp³-hybridized carbons (Fsp3) is 0.909. The molecule has 0 amide bonds. The van der Waals surface area contributed by atoms with Gasteiger partial charge in [0.1, 0.15) is 0 Å². The molecule has 1 nitrogen and oxygen atoms in total. The second-order valence-electron chi connectivity index (χ2n) is 3.72. The van der Waals surface area contributed by atoms with Gasteiger partial charge >= 0.3 is 0 Å². The van der Waals surface area contributed by atoms with Crippen molar-refractivity contribution in [1.29, 1.82) is 0 Å². The van der Waals surface area contributed by atoms with Crippen LogP contribution in [0.4, 0.5) is 0 Å². The summed E-state index contributed by atoms with van der Waals surface area (Å²) in [5.74, 6) is 0.853. The number of nitrogens with zero attached hydrogens (tertiary/aromatic N) is 1. The van der Waals surface area contributed by atoms with Gasteiger partial charge in [-0.2, -0.15) is 0 Å². The molecule has 2 atom stereocenters. The number of rotatable bonds is 7. The minimum Gasteiger partial charge on any atom is -0.298 e. The standard InChI is InChI=1S/C11H23N/c1-5-7-11(12-4)9-8-10(3)6-2/h10-11H,4-9H2,1-3H3. The van der Waals surface area contributed by atoms with Crippen molar-refractivity contribution >= 4 is 6.72 Å². The van der Waals surface area contributed by atoms with Gasteiger partial charge in [0.2, 0.25) is 0 Å². The van der Waals surface area contributed by atoms with E-state index in [0.717, 1.165) is 5.92 Å². The predicted molar refractivity (Wildman–Crippen MR) is 56.9 cm³/mol. The lowest BCUT2D eigenvalue weighted by Crippen LogP contribution is -2.05. The molecule has 0 fully saturated rings. The Morgan fingerprint density at radius 3 is 2.25 bits per heavy atom. The number of aliphatic imine (C=N–C) groups is 1. The normalized spacial score (nSPS) is 15.6. The van der Waals surface area contributed by atoms with Crippen LogP contribution >= 0.6 is 0 Å². The highest BCUT2D eigenvalue weighted by Crippen LogP contribution is 2.15. The minimum atomic E-state index is 0.518. The molecule has 0 aliphatic carbocycles. The molecule has 0 aromatic carbocycles. The number of hydrogen-bond donors (Lipinski definition) is 0. The summed E-state index contributed by atoms with van der Waals surface area (Å²) >= 11 is 0. The molecule has 0 radical (unpaired) electrons. The van der Waals surface area contributed by atoms with Crippen molar-refractivity contribution in [2.45, 2.75) is 58.9 Å². The minimum absolute atomic E-state index is 0.518. The first-order valence-corrected chi connectivity index (χ1v) is 5.20. The predicted octanol–water partition coefficient (Wildman–Crippen LogP) is 3.68. The van der Waals surface area contributed by atoms with Crippen LogP contribution in [0.25, 0.3) is 0 Å². The molecular formula is C11H23N. The smallest absolute Gasteiger partial charge is 0.0492 e. The summed E-state index contributed by atoms with van der Waals surface area (Å²) in [4.78, 5) is 4.13. The Balaban J connectivity index is 3.49. The Bertz CT molecular complexity index is 110. The molecule has 0 N–H and O–H groups in total. The average Bonchev–Trinajstić information content (AvgIpc) is 2.11. The van der Waals surface area contributed by atoms with Gasteiger partial charge in [0.25, 0.3) is 0 Å². The maximum absolute atomic E-state index is 4.13. The summed E-state index contributed by atoms with van der Waals surface area (Å²) in [7, 11) is 0. The molecule has 0 heterocycles. The monoisotopic (exact) mass is 169 g/mol. The lowest BCUT2D eigenvalue weighted by Gasteiger charge is -2.13. The van der Waals surface area contributed by atoms with E-state index in [1.807, 2.05) is 0 Å². The Hall–Kier alpha value is -0.330. The van der Waals surface area contributed by atoms with Crippen molar-refractivity contribution in [3.8, 4) is 0 Å². The van der Waals surface area contributed by atoms with Crippen LogP contribution in [0.3, 0.4) is 0 Å². The molecule has 0 saturated heterocycles. The molecule has 1 heteroatoms. The molecule has 2 unspecified atom stereocenters. The van der Waals surface area contributed by atoms with E-state index in [2.05, 4.69) is 32.5 Å². The van der Waals surface area contributed by atoms with Gasteiger partial charge < -0.3 is 0 Å². The molecular weight excluding hydrogens is 146 g/mol. The summed E-state index contributed by atoms with van der Waals surface area (Å²) < 4.78 is 0. The molecule has 0 aliphatic heterocycles. The third kappa shape index (κ3) is 5.34. The average molecular weight is 169 g/mol.